The standard InChI is InChI=1S/C21H25F2N3O6S/c1-12(2)30-21(27)26-7-5-14(6-8-26)31-19-13(3)20(25-11-24-19)32-17-9-16(23)18(10-15(17)22)33(4,28)29/h9-12,14H,5-8H2,1-4H3. The molecule has 9 nitrogen and oxygen atoms in total. The van der Waals surface area contributed by atoms with E-state index >= 15 is 0 Å². The van der Waals surface area contributed by atoms with Gasteiger partial charge in [0.2, 0.25) is 11.8 Å². The van der Waals surface area contributed by atoms with Crippen LogP contribution in [0.5, 0.6) is 17.5 Å². The second-order valence-corrected chi connectivity index (χ2v) is 9.92. The number of rotatable bonds is 6. The zero-order valence-corrected chi connectivity index (χ0v) is 19.5. The highest BCUT2D eigenvalue weighted by atomic mass is 32.2. The molecule has 2 aromatic rings. The molecule has 0 spiro atoms. The summed E-state index contributed by atoms with van der Waals surface area (Å²) < 4.78 is 68.1. The first kappa shape index (κ1) is 24.6. The van der Waals surface area contributed by atoms with Gasteiger partial charge in [-0.1, -0.05) is 0 Å². The Morgan fingerprint density at radius 3 is 2.36 bits per heavy atom. The van der Waals surface area contributed by atoms with Crippen LogP contribution in [0.25, 0.3) is 0 Å². The smallest absolute Gasteiger partial charge is 0.410 e. The molecule has 0 radical (unpaired) electrons. The summed E-state index contributed by atoms with van der Waals surface area (Å²) in [5.41, 5.74) is 0.353. The fraction of sp³-hybridized carbons (Fsp3) is 0.476. The summed E-state index contributed by atoms with van der Waals surface area (Å²) >= 11 is 0. The van der Waals surface area contributed by atoms with Crippen molar-refractivity contribution in [2.45, 2.75) is 50.7 Å². The van der Waals surface area contributed by atoms with Gasteiger partial charge in [0, 0.05) is 38.3 Å². The van der Waals surface area contributed by atoms with Gasteiger partial charge in [0.1, 0.15) is 23.1 Å². The molecule has 0 N–H and O–H groups in total. The third-order valence-electron chi connectivity index (χ3n) is 4.90. The van der Waals surface area contributed by atoms with Gasteiger partial charge in [-0.05, 0) is 26.8 Å². The molecular weight excluding hydrogens is 460 g/mol. The van der Waals surface area contributed by atoms with Crippen LogP contribution in [0, 0.1) is 18.6 Å². The largest absolute Gasteiger partial charge is 0.474 e. The molecule has 1 aliphatic rings. The number of carbonyl (C=O) groups excluding carboxylic acids is 1. The molecule has 2 heterocycles. The molecule has 0 atom stereocenters. The number of halogens is 2. The highest BCUT2D eigenvalue weighted by Crippen LogP contribution is 2.32. The molecule has 0 bridgehead atoms. The molecule has 12 heteroatoms. The molecular formula is C21H25F2N3O6S. The second kappa shape index (κ2) is 9.86. The number of benzene rings is 1. The van der Waals surface area contributed by atoms with E-state index in [1.807, 2.05) is 0 Å². The summed E-state index contributed by atoms with van der Waals surface area (Å²) in [6, 6.07) is 1.21. The Morgan fingerprint density at radius 2 is 1.76 bits per heavy atom. The van der Waals surface area contributed by atoms with Gasteiger partial charge < -0.3 is 19.1 Å². The predicted molar refractivity (Wildman–Crippen MR) is 113 cm³/mol. The topological polar surface area (TPSA) is 108 Å². The number of nitrogens with zero attached hydrogens (tertiary/aromatic N) is 3. The Bertz CT molecular complexity index is 1140. The van der Waals surface area contributed by atoms with Crippen molar-refractivity contribution in [1.82, 2.24) is 14.9 Å². The Hall–Kier alpha value is -3.02. The quantitative estimate of drug-likeness (QED) is 0.610. The molecule has 1 amide bonds. The molecule has 1 aliphatic heterocycles. The number of likely N-dealkylation sites (tertiary alicyclic amines) is 1. The molecule has 0 aliphatic carbocycles. The van der Waals surface area contributed by atoms with E-state index in [4.69, 9.17) is 14.2 Å². The van der Waals surface area contributed by atoms with Gasteiger partial charge >= 0.3 is 6.09 Å². The number of ether oxygens (including phenoxy) is 3. The molecule has 1 aromatic heterocycles. The zero-order valence-electron chi connectivity index (χ0n) is 18.7. The van der Waals surface area contributed by atoms with E-state index in [1.54, 1.807) is 25.7 Å². The van der Waals surface area contributed by atoms with Crippen LogP contribution in [0.4, 0.5) is 13.6 Å². The second-order valence-electron chi connectivity index (χ2n) is 7.93. The van der Waals surface area contributed by atoms with Crippen molar-refractivity contribution in [2.75, 3.05) is 19.3 Å². The molecule has 1 aromatic carbocycles. The molecule has 33 heavy (non-hydrogen) atoms. The molecule has 0 unspecified atom stereocenters. The van der Waals surface area contributed by atoms with Gasteiger partial charge in [-0.3, -0.25) is 0 Å². The maximum absolute atomic E-state index is 14.4. The number of carbonyl (C=O) groups is 1. The van der Waals surface area contributed by atoms with Gasteiger partial charge in [0.25, 0.3) is 0 Å². The summed E-state index contributed by atoms with van der Waals surface area (Å²) in [5, 5.41) is 0. The van der Waals surface area contributed by atoms with Gasteiger partial charge in [-0.2, -0.15) is 0 Å². The molecule has 1 saturated heterocycles. The number of aromatic nitrogens is 2. The number of hydrogen-bond donors (Lipinski definition) is 0. The van der Waals surface area contributed by atoms with Gasteiger partial charge in [-0.25, -0.2) is 32.0 Å². The van der Waals surface area contributed by atoms with Crippen LogP contribution in [0.1, 0.15) is 32.3 Å². The lowest BCUT2D eigenvalue weighted by molar-refractivity contribution is 0.0505. The summed E-state index contributed by atoms with van der Waals surface area (Å²) in [6.45, 7) is 6.08. The van der Waals surface area contributed by atoms with E-state index in [9.17, 15) is 22.0 Å². The van der Waals surface area contributed by atoms with Gasteiger partial charge in [0.05, 0.1) is 11.7 Å². The average Bonchev–Trinajstić information content (AvgIpc) is 2.72. The van der Waals surface area contributed by atoms with Crippen molar-refractivity contribution in [3.8, 4) is 17.5 Å². The van der Waals surface area contributed by atoms with Crippen molar-refractivity contribution in [1.29, 1.82) is 0 Å². The highest BCUT2D eigenvalue weighted by Gasteiger charge is 2.27. The molecule has 3 rings (SSSR count). The van der Waals surface area contributed by atoms with E-state index in [0.717, 1.165) is 12.6 Å². The third kappa shape index (κ3) is 6.06. The number of hydrogen-bond acceptors (Lipinski definition) is 8. The first-order valence-electron chi connectivity index (χ1n) is 10.3. The summed E-state index contributed by atoms with van der Waals surface area (Å²) in [4.78, 5) is 20.9. The lowest BCUT2D eigenvalue weighted by Crippen LogP contribution is -2.42. The molecule has 0 saturated carbocycles. The number of amides is 1. The summed E-state index contributed by atoms with van der Waals surface area (Å²) in [6.07, 6.45) is 2.26. The summed E-state index contributed by atoms with van der Waals surface area (Å²) in [5.74, 6) is -2.58. The minimum atomic E-state index is -3.94. The van der Waals surface area contributed by atoms with Crippen LogP contribution in [0.15, 0.2) is 23.4 Å². The van der Waals surface area contributed by atoms with Gasteiger partial charge in [0.15, 0.2) is 21.4 Å². The van der Waals surface area contributed by atoms with E-state index in [1.165, 1.54) is 0 Å². The van der Waals surface area contributed by atoms with Crippen LogP contribution in [-0.4, -0.2) is 60.9 Å². The van der Waals surface area contributed by atoms with Crippen molar-refractivity contribution in [3.05, 3.63) is 35.7 Å². The zero-order chi connectivity index (χ0) is 24.3. The lowest BCUT2D eigenvalue weighted by atomic mass is 10.1. The predicted octanol–water partition coefficient (Wildman–Crippen LogP) is 3.65. The third-order valence-corrected chi connectivity index (χ3v) is 6.01. The minimum Gasteiger partial charge on any atom is -0.474 e. The Labute approximate surface area is 190 Å². The Morgan fingerprint density at radius 1 is 1.12 bits per heavy atom. The Balaban J connectivity index is 1.70. The SMILES string of the molecule is Cc1c(Oc2cc(F)c(S(C)(=O)=O)cc2F)ncnc1OC1CCN(C(=O)OC(C)C)CC1. The van der Waals surface area contributed by atoms with Crippen molar-refractivity contribution in [2.24, 2.45) is 0 Å². The lowest BCUT2D eigenvalue weighted by Gasteiger charge is -2.31. The van der Waals surface area contributed by atoms with E-state index in [-0.39, 0.29) is 30.1 Å². The number of piperidine rings is 1. The van der Waals surface area contributed by atoms with E-state index in [0.29, 0.717) is 43.6 Å². The summed E-state index contributed by atoms with van der Waals surface area (Å²) in [7, 11) is -3.94. The van der Waals surface area contributed by atoms with Crippen molar-refractivity contribution < 1.29 is 36.2 Å². The van der Waals surface area contributed by atoms with Crippen LogP contribution in [0.3, 0.4) is 0 Å². The van der Waals surface area contributed by atoms with Crippen LogP contribution in [0.2, 0.25) is 0 Å². The van der Waals surface area contributed by atoms with Crippen molar-refractivity contribution in [3.63, 3.8) is 0 Å². The fourth-order valence-electron chi connectivity index (χ4n) is 3.21. The highest BCUT2D eigenvalue weighted by molar-refractivity contribution is 7.90. The first-order chi connectivity index (χ1) is 15.5. The first-order valence-corrected chi connectivity index (χ1v) is 12.2. The number of sulfone groups is 1. The van der Waals surface area contributed by atoms with E-state index in [2.05, 4.69) is 9.97 Å². The molecule has 1 fully saturated rings. The normalized spacial score (nSPS) is 14.9. The average molecular weight is 486 g/mol. The van der Waals surface area contributed by atoms with E-state index < -0.39 is 32.1 Å². The monoisotopic (exact) mass is 485 g/mol. The fourth-order valence-corrected chi connectivity index (χ4v) is 3.94. The Kier molecular flexibility index (Phi) is 7.35. The maximum atomic E-state index is 14.4. The van der Waals surface area contributed by atoms with Crippen LogP contribution >= 0.6 is 0 Å². The maximum Gasteiger partial charge on any atom is 0.410 e. The molecule has 180 valence electrons. The van der Waals surface area contributed by atoms with Crippen LogP contribution < -0.4 is 9.47 Å². The van der Waals surface area contributed by atoms with Crippen molar-refractivity contribution >= 4 is 15.9 Å². The van der Waals surface area contributed by atoms with Crippen LogP contribution in [-0.2, 0) is 14.6 Å². The van der Waals surface area contributed by atoms with Gasteiger partial charge in [-0.15, -0.1) is 0 Å². The minimum absolute atomic E-state index is 0.0663.